The predicted octanol–water partition coefficient (Wildman–Crippen LogP) is 0.890. The van der Waals surface area contributed by atoms with E-state index in [1.54, 1.807) is 24.3 Å². The number of aromatic nitrogens is 4. The number of imide groups is 1. The van der Waals surface area contributed by atoms with Gasteiger partial charge in [-0.05, 0) is 22.8 Å². The minimum Gasteiger partial charge on any atom is -0.424 e. The van der Waals surface area contributed by atoms with E-state index < -0.39 is 17.2 Å². The van der Waals surface area contributed by atoms with E-state index in [0.717, 1.165) is 5.06 Å². The first-order valence-electron chi connectivity index (χ1n) is 9.49. The van der Waals surface area contributed by atoms with Crippen LogP contribution >= 0.6 is 0 Å². The number of nitrogens with zero attached hydrogens (tertiary/aromatic N) is 5. The van der Waals surface area contributed by atoms with Crippen molar-refractivity contribution < 1.29 is 18.9 Å². The number of hydroxylamine groups is 2. The Hall–Kier alpha value is -2.43. The van der Waals surface area contributed by atoms with Crippen molar-refractivity contribution in [3.05, 3.63) is 41.2 Å². The lowest BCUT2D eigenvalue weighted by Crippen LogP contribution is -2.45. The highest BCUT2D eigenvalue weighted by Crippen LogP contribution is 2.36. The smallest absolute Gasteiger partial charge is 0.285 e. The Kier molecular flexibility index (Phi) is 5.70. The second-order valence-electron chi connectivity index (χ2n) is 8.70. The molecule has 0 saturated carbocycles. The molecular weight excluding hydrogens is 390 g/mol. The molecule has 0 N–H and O–H groups in total. The lowest BCUT2D eigenvalue weighted by molar-refractivity contribution is -0.0948. The fourth-order valence-electron chi connectivity index (χ4n) is 3.94. The highest BCUT2D eigenvalue weighted by Gasteiger charge is 2.42. The van der Waals surface area contributed by atoms with Crippen molar-refractivity contribution >= 4 is 22.3 Å². The maximum atomic E-state index is 12.3. The van der Waals surface area contributed by atoms with Gasteiger partial charge in [-0.25, -0.2) is 0 Å². The number of carbonyl (C=O) groups excluding carboxylic acids is 2. The van der Waals surface area contributed by atoms with Crippen LogP contribution in [0.2, 0.25) is 0 Å². The highest BCUT2D eigenvalue weighted by atomic mass is 28.2. The molecule has 0 saturated heterocycles. The molecule has 1 unspecified atom stereocenters. The van der Waals surface area contributed by atoms with Crippen molar-refractivity contribution in [2.45, 2.75) is 52.7 Å². The zero-order valence-corrected chi connectivity index (χ0v) is 19.7. The van der Waals surface area contributed by atoms with Crippen molar-refractivity contribution in [3.8, 4) is 0 Å². The molecule has 1 aromatic heterocycles. The summed E-state index contributed by atoms with van der Waals surface area (Å²) in [7, 11) is 0.609. The van der Waals surface area contributed by atoms with Gasteiger partial charge < -0.3 is 4.43 Å². The molecule has 0 radical (unpaired) electrons. The van der Waals surface area contributed by atoms with Gasteiger partial charge in [0.1, 0.15) is 10.5 Å². The van der Waals surface area contributed by atoms with Crippen LogP contribution in [-0.4, -0.2) is 60.3 Å². The number of hydrogen-bond acceptors (Lipinski definition) is 7. The molecule has 2 heterocycles. The minimum absolute atomic E-state index is 0.0571. The van der Waals surface area contributed by atoms with E-state index in [0.29, 0.717) is 27.4 Å². The van der Waals surface area contributed by atoms with Gasteiger partial charge in [0.25, 0.3) is 11.8 Å². The van der Waals surface area contributed by atoms with Crippen LogP contribution < -0.4 is 0 Å². The summed E-state index contributed by atoms with van der Waals surface area (Å²) in [6.07, 6.45) is -0.0612. The van der Waals surface area contributed by atoms with Gasteiger partial charge in [0.05, 0.1) is 35.8 Å². The van der Waals surface area contributed by atoms with Gasteiger partial charge in [-0.1, -0.05) is 46.8 Å². The molecule has 29 heavy (non-hydrogen) atoms. The Morgan fingerprint density at radius 2 is 1.66 bits per heavy atom. The van der Waals surface area contributed by atoms with Crippen LogP contribution in [-0.2, 0) is 21.2 Å². The molecule has 9 nitrogen and oxygen atoms in total. The Labute approximate surface area is 172 Å². The van der Waals surface area contributed by atoms with Gasteiger partial charge >= 0.3 is 0 Å². The molecule has 0 spiro atoms. The summed E-state index contributed by atoms with van der Waals surface area (Å²) in [6.45, 7) is 10.8. The average Bonchev–Trinajstić information content (AvgIpc) is 3.21. The molecule has 1 atom stereocenters. The topological polar surface area (TPSA) is 99.4 Å². The van der Waals surface area contributed by atoms with Gasteiger partial charge in [0.2, 0.25) is 0 Å². The van der Waals surface area contributed by atoms with E-state index in [2.05, 4.69) is 36.2 Å². The van der Waals surface area contributed by atoms with Crippen LogP contribution in [0.3, 0.4) is 0 Å². The summed E-state index contributed by atoms with van der Waals surface area (Å²) in [5.41, 5.74) is 0.181. The first-order chi connectivity index (χ1) is 13.6. The van der Waals surface area contributed by atoms with Crippen molar-refractivity contribution in [1.82, 2.24) is 25.3 Å². The Morgan fingerprint density at radius 1 is 1.07 bits per heavy atom. The number of tetrazole rings is 1. The van der Waals surface area contributed by atoms with Crippen molar-refractivity contribution in [1.29, 1.82) is 0 Å². The molecule has 1 aliphatic heterocycles. The quantitative estimate of drug-likeness (QED) is 0.487. The van der Waals surface area contributed by atoms with E-state index in [-0.39, 0.29) is 24.7 Å². The van der Waals surface area contributed by atoms with E-state index in [1.807, 2.05) is 13.8 Å². The summed E-state index contributed by atoms with van der Waals surface area (Å²) >= 11 is 0. The van der Waals surface area contributed by atoms with Crippen LogP contribution in [0.5, 0.6) is 0 Å². The van der Waals surface area contributed by atoms with Crippen LogP contribution in [0.25, 0.3) is 0 Å². The Morgan fingerprint density at radius 3 is 2.17 bits per heavy atom. The monoisotopic (exact) mass is 417 g/mol. The van der Waals surface area contributed by atoms with Crippen LogP contribution in [0.15, 0.2) is 24.3 Å². The molecule has 1 aromatic carbocycles. The summed E-state index contributed by atoms with van der Waals surface area (Å²) < 4.78 is 5.86. The molecule has 3 rings (SSSR count). The highest BCUT2D eigenvalue weighted by molar-refractivity contribution is 6.20. The van der Waals surface area contributed by atoms with Gasteiger partial charge in [0, 0.05) is 0 Å². The van der Waals surface area contributed by atoms with E-state index in [4.69, 9.17) is 9.26 Å². The lowest BCUT2D eigenvalue weighted by atomic mass is 9.72. The van der Waals surface area contributed by atoms with Gasteiger partial charge in [-0.2, -0.15) is 4.80 Å². The number of hydrogen-bond donors (Lipinski definition) is 0. The normalized spacial score (nSPS) is 15.8. The average molecular weight is 418 g/mol. The molecule has 0 bridgehead atoms. The van der Waals surface area contributed by atoms with Gasteiger partial charge in [-0.3, -0.25) is 14.4 Å². The summed E-state index contributed by atoms with van der Waals surface area (Å²) in [6, 6.07) is 6.64. The minimum atomic E-state index is -0.462. The molecule has 0 fully saturated rings. The van der Waals surface area contributed by atoms with E-state index in [9.17, 15) is 9.59 Å². The maximum absolute atomic E-state index is 12.3. The van der Waals surface area contributed by atoms with Gasteiger partial charge in [-0.15, -0.1) is 15.3 Å². The summed E-state index contributed by atoms with van der Waals surface area (Å²) in [4.78, 5) is 31.4. The van der Waals surface area contributed by atoms with Crippen molar-refractivity contribution in [2.24, 2.45) is 5.41 Å². The second kappa shape index (κ2) is 7.77. The first kappa shape index (κ1) is 21.3. The molecule has 0 aliphatic carbocycles. The zero-order valence-electron chi connectivity index (χ0n) is 17.7. The lowest BCUT2D eigenvalue weighted by Gasteiger charge is -2.40. The molecule has 2 amide bonds. The van der Waals surface area contributed by atoms with Crippen molar-refractivity contribution in [3.63, 3.8) is 0 Å². The molecule has 1 aliphatic rings. The predicted molar refractivity (Wildman–Crippen MR) is 108 cm³/mol. The van der Waals surface area contributed by atoms with E-state index in [1.165, 1.54) is 4.80 Å². The number of rotatable bonds is 7. The van der Waals surface area contributed by atoms with Crippen LogP contribution in [0, 0.1) is 5.41 Å². The van der Waals surface area contributed by atoms with E-state index >= 15 is 0 Å². The third kappa shape index (κ3) is 4.00. The third-order valence-electron chi connectivity index (χ3n) is 4.98. The maximum Gasteiger partial charge on any atom is 0.285 e. The number of fused-ring (bicyclic) bond motifs is 1. The molecule has 10 heteroatoms. The fraction of sp³-hybridized carbons (Fsp3) is 0.526. The third-order valence-corrected chi connectivity index (χ3v) is 5.45. The largest absolute Gasteiger partial charge is 0.424 e. The van der Waals surface area contributed by atoms with Crippen LogP contribution in [0.4, 0.5) is 0 Å². The standard InChI is InChI=1S/C19H27N5O4Si/c1-18(2,3)16(28-29)19(4,5)17-20-22-23(21-17)10-11-27-24-14(25)12-8-6-7-9-13(12)15(24)26/h6-9,16H,10-11H2,1-5,29H3. The Bertz CT molecular complexity index is 886. The first-order valence-corrected chi connectivity index (χ1v) is 10.3. The zero-order chi connectivity index (χ0) is 21.4. The number of amides is 2. The molecule has 2 aromatic rings. The SMILES string of the molecule is CC(C)(C)C(O[SiH3])C(C)(C)c1nnn(CCON2C(=O)c3ccccc3C2=O)n1. The molecular formula is C19H27N5O4Si. The number of benzene rings is 1. The van der Waals surface area contributed by atoms with Crippen molar-refractivity contribution in [2.75, 3.05) is 6.61 Å². The fourth-order valence-corrected chi connectivity index (χ4v) is 5.24. The Balaban J connectivity index is 1.63. The van der Waals surface area contributed by atoms with Gasteiger partial charge in [0.15, 0.2) is 5.82 Å². The second-order valence-corrected chi connectivity index (χ2v) is 9.17. The summed E-state index contributed by atoms with van der Waals surface area (Å²) in [5.74, 6) is -0.346. The summed E-state index contributed by atoms with van der Waals surface area (Å²) in [5, 5.41) is 13.5. The molecule has 156 valence electrons. The van der Waals surface area contributed by atoms with Crippen LogP contribution in [0.1, 0.15) is 61.2 Å². The number of carbonyl (C=O) groups is 2.